The van der Waals surface area contributed by atoms with Gasteiger partial charge in [0, 0.05) is 11.1 Å². The summed E-state index contributed by atoms with van der Waals surface area (Å²) in [6, 6.07) is 38.9. The number of hydrogen-bond donors (Lipinski definition) is 0. The number of Topliss-reactive ketones (excluding diaryl/α,β-unsaturated/α-hetero) is 2. The van der Waals surface area contributed by atoms with Crippen molar-refractivity contribution in [2.24, 2.45) is 0 Å². The summed E-state index contributed by atoms with van der Waals surface area (Å²) in [6.07, 6.45) is 0.646. The number of hydrogen-bond acceptors (Lipinski definition) is 2. The molecule has 4 aromatic rings. The number of ketones is 2. The minimum Gasteiger partial charge on any atom is -1.00 e. The number of carbonyl (C=O) groups excluding carboxylic acids is 2. The number of carbonyl (C=O) groups is 2. The first-order valence-electron chi connectivity index (χ1n) is 10.3. The van der Waals surface area contributed by atoms with E-state index >= 15 is 0 Å². The predicted octanol–water partition coefficient (Wildman–Crippen LogP) is 2.42. The molecule has 0 spiro atoms. The third-order valence-corrected chi connectivity index (χ3v) is 9.75. The molecule has 32 heavy (non-hydrogen) atoms. The van der Waals surface area contributed by atoms with Crippen molar-refractivity contribution in [1.82, 2.24) is 0 Å². The van der Waals surface area contributed by atoms with Gasteiger partial charge in [0.1, 0.15) is 22.9 Å². The second-order valence-corrected chi connectivity index (χ2v) is 11.1. The van der Waals surface area contributed by atoms with Crippen LogP contribution in [0.4, 0.5) is 0 Å². The Balaban J connectivity index is 0.00000289. The molecule has 0 aliphatic rings. The van der Waals surface area contributed by atoms with Crippen LogP contribution in [-0.2, 0) is 0 Å². The highest BCUT2D eigenvalue weighted by atomic mass is 127. The van der Waals surface area contributed by atoms with E-state index in [1.54, 1.807) is 0 Å². The lowest BCUT2D eigenvalue weighted by Crippen LogP contribution is -3.00. The average molecular weight is 550 g/mol. The molecule has 0 saturated heterocycles. The molecule has 4 aromatic carbocycles. The lowest BCUT2D eigenvalue weighted by Gasteiger charge is -2.26. The first-order valence-corrected chi connectivity index (χ1v) is 12.5. The summed E-state index contributed by atoms with van der Waals surface area (Å²) >= 11 is 0. The summed E-state index contributed by atoms with van der Waals surface area (Å²) in [4.78, 5) is 26.9. The highest BCUT2D eigenvalue weighted by molar-refractivity contribution is 7.90. The van der Waals surface area contributed by atoms with Gasteiger partial charge in [0.2, 0.25) is 11.6 Å². The Bertz CT molecular complexity index is 1050. The summed E-state index contributed by atoms with van der Waals surface area (Å²) in [5, 5.41) is 2.16. The molecule has 0 aromatic heterocycles. The van der Waals surface area contributed by atoms with E-state index in [2.05, 4.69) is 24.3 Å². The molecule has 0 atom stereocenters. The van der Waals surface area contributed by atoms with Crippen molar-refractivity contribution >= 4 is 29.4 Å². The smallest absolute Gasteiger partial charge is 0.200 e. The second kappa shape index (κ2) is 11.3. The maximum atomic E-state index is 13.4. The average Bonchev–Trinajstić information content (AvgIpc) is 2.85. The zero-order valence-corrected chi connectivity index (χ0v) is 20.7. The lowest BCUT2D eigenvalue weighted by molar-refractivity contribution is -0.0000216. The fourth-order valence-electron chi connectivity index (χ4n) is 3.92. The van der Waals surface area contributed by atoms with Crippen molar-refractivity contribution in [1.29, 1.82) is 0 Å². The van der Waals surface area contributed by atoms with E-state index in [9.17, 15) is 9.59 Å². The van der Waals surface area contributed by atoms with E-state index in [1.165, 1.54) is 0 Å². The molecular weight excluding hydrogens is 526 g/mol. The van der Waals surface area contributed by atoms with Crippen LogP contribution in [0.15, 0.2) is 121 Å². The van der Waals surface area contributed by atoms with Crippen LogP contribution >= 0.6 is 7.26 Å². The van der Waals surface area contributed by atoms with Gasteiger partial charge in [0.25, 0.3) is 0 Å². The van der Waals surface area contributed by atoms with Crippen LogP contribution in [-0.4, -0.2) is 23.9 Å². The molecule has 0 saturated carbocycles. The van der Waals surface area contributed by atoms with Gasteiger partial charge < -0.3 is 24.0 Å². The van der Waals surface area contributed by atoms with E-state index in [1.807, 2.05) is 97.1 Å². The van der Waals surface area contributed by atoms with Crippen LogP contribution in [0.3, 0.4) is 0 Å². The molecule has 0 aliphatic heterocycles. The largest absolute Gasteiger partial charge is 1.00 e. The lowest BCUT2D eigenvalue weighted by atomic mass is 10.1. The predicted molar refractivity (Wildman–Crippen MR) is 130 cm³/mol. The topological polar surface area (TPSA) is 34.1 Å². The molecule has 4 rings (SSSR count). The van der Waals surface area contributed by atoms with Crippen LogP contribution in [0.2, 0.25) is 0 Å². The van der Waals surface area contributed by atoms with Gasteiger partial charge in [-0.15, -0.1) is 0 Å². The van der Waals surface area contributed by atoms with Crippen molar-refractivity contribution < 1.29 is 33.6 Å². The SMILES string of the molecule is O=C(C[P+](CC(=O)c1ccccc1)(c1ccccc1)c1ccccc1)c1ccccc1.[I-]. The minimum atomic E-state index is -2.34. The van der Waals surface area contributed by atoms with Crippen molar-refractivity contribution in [3.05, 3.63) is 132 Å². The molecular formula is C28H24IO2P. The monoisotopic (exact) mass is 550 g/mol. The van der Waals surface area contributed by atoms with Crippen LogP contribution < -0.4 is 34.6 Å². The summed E-state index contributed by atoms with van der Waals surface area (Å²) in [5.74, 6) is 0.144. The van der Waals surface area contributed by atoms with Gasteiger partial charge >= 0.3 is 0 Å². The van der Waals surface area contributed by atoms with E-state index in [-0.39, 0.29) is 35.5 Å². The fourth-order valence-corrected chi connectivity index (χ4v) is 7.89. The molecule has 0 amide bonds. The first kappa shape index (κ1) is 24.0. The van der Waals surface area contributed by atoms with E-state index in [0.29, 0.717) is 23.5 Å². The quantitative estimate of drug-likeness (QED) is 0.192. The molecule has 0 N–H and O–H groups in total. The van der Waals surface area contributed by atoms with Gasteiger partial charge in [0.15, 0.2) is 0 Å². The van der Waals surface area contributed by atoms with E-state index in [0.717, 1.165) is 10.6 Å². The van der Waals surface area contributed by atoms with Crippen molar-refractivity contribution in [3.8, 4) is 0 Å². The third kappa shape index (κ3) is 5.40. The first-order chi connectivity index (χ1) is 15.2. The molecule has 160 valence electrons. The summed E-state index contributed by atoms with van der Waals surface area (Å²) < 4.78 is 0. The Hall–Kier alpha value is -2.62. The van der Waals surface area contributed by atoms with Crippen molar-refractivity contribution in [2.75, 3.05) is 12.3 Å². The third-order valence-electron chi connectivity index (χ3n) is 5.52. The Morgan fingerprint density at radius 1 is 0.469 bits per heavy atom. The van der Waals surface area contributed by atoms with Crippen LogP contribution in [0.1, 0.15) is 20.7 Å². The van der Waals surface area contributed by atoms with Gasteiger partial charge in [-0.3, -0.25) is 9.59 Å². The highest BCUT2D eigenvalue weighted by Gasteiger charge is 2.46. The fraction of sp³-hybridized carbons (Fsp3) is 0.0714. The van der Waals surface area contributed by atoms with Crippen LogP contribution in [0, 0.1) is 0 Å². The molecule has 0 unspecified atom stereocenters. The molecule has 0 fully saturated rings. The second-order valence-electron chi connectivity index (χ2n) is 7.53. The summed E-state index contributed by atoms with van der Waals surface area (Å²) in [5.41, 5.74) is 1.37. The Morgan fingerprint density at radius 2 is 0.750 bits per heavy atom. The van der Waals surface area contributed by atoms with Gasteiger partial charge in [-0.2, -0.15) is 0 Å². The molecule has 4 heteroatoms. The van der Waals surface area contributed by atoms with Crippen molar-refractivity contribution in [2.45, 2.75) is 0 Å². The van der Waals surface area contributed by atoms with Crippen LogP contribution in [0.5, 0.6) is 0 Å². The minimum absolute atomic E-state index is 0. The number of halogens is 1. The maximum absolute atomic E-state index is 13.4. The highest BCUT2D eigenvalue weighted by Crippen LogP contribution is 2.57. The normalized spacial score (nSPS) is 10.8. The Labute approximate surface area is 207 Å². The molecule has 0 bridgehead atoms. The van der Waals surface area contributed by atoms with E-state index < -0.39 is 7.26 Å². The summed E-state index contributed by atoms with van der Waals surface area (Å²) in [7, 11) is -2.34. The van der Waals surface area contributed by atoms with Gasteiger partial charge in [0.05, 0.1) is 7.26 Å². The number of benzene rings is 4. The Kier molecular flexibility index (Phi) is 8.49. The molecule has 0 aliphatic carbocycles. The van der Waals surface area contributed by atoms with E-state index in [4.69, 9.17) is 0 Å². The van der Waals surface area contributed by atoms with Gasteiger partial charge in [-0.05, 0) is 24.3 Å². The zero-order chi connectivity index (χ0) is 21.5. The van der Waals surface area contributed by atoms with Gasteiger partial charge in [-0.25, -0.2) is 0 Å². The molecule has 0 radical (unpaired) electrons. The molecule has 2 nitrogen and oxygen atoms in total. The number of rotatable bonds is 8. The van der Waals surface area contributed by atoms with Gasteiger partial charge in [-0.1, -0.05) is 97.1 Å². The Morgan fingerprint density at radius 3 is 1.06 bits per heavy atom. The maximum Gasteiger partial charge on any atom is 0.200 e. The van der Waals surface area contributed by atoms with Crippen molar-refractivity contribution in [3.63, 3.8) is 0 Å². The standard InChI is InChI=1S/C28H24O2P.HI/c29-27(23-13-5-1-6-14-23)21-31(25-17-9-3-10-18-25,26-19-11-4-12-20-26)22-28(30)24-15-7-2-8-16-24;/h1-20H,21-22H2;1H/q+1;/p-1. The zero-order valence-electron chi connectivity index (χ0n) is 17.6. The molecule has 0 heterocycles. The summed E-state index contributed by atoms with van der Waals surface area (Å²) in [6.45, 7) is 0. The van der Waals surface area contributed by atoms with Crippen LogP contribution in [0.25, 0.3) is 0 Å².